The number of hydrogen-bond acceptors (Lipinski definition) is 5. The number of nitrogen functional groups attached to an aromatic ring is 1. The molecule has 160 valence electrons. The van der Waals surface area contributed by atoms with E-state index >= 15 is 0 Å². The molecule has 0 bridgehead atoms. The molecular formula is C24H28FNO4. The van der Waals surface area contributed by atoms with Crippen LogP contribution in [0.1, 0.15) is 68.7 Å². The zero-order valence-corrected chi connectivity index (χ0v) is 17.6. The van der Waals surface area contributed by atoms with Gasteiger partial charge in [0.1, 0.15) is 5.82 Å². The van der Waals surface area contributed by atoms with Gasteiger partial charge in [-0.3, -0.25) is 0 Å². The molecule has 30 heavy (non-hydrogen) atoms. The minimum atomic E-state index is -0.437. The average molecular weight is 413 g/mol. The highest BCUT2D eigenvalue weighted by molar-refractivity contribution is 5.93. The lowest BCUT2D eigenvalue weighted by Gasteiger charge is -2.19. The Kier molecular flexibility index (Phi) is 7.08. The minimum absolute atomic E-state index is 0.277. The van der Waals surface area contributed by atoms with Crippen LogP contribution in [0.15, 0.2) is 24.3 Å². The van der Waals surface area contributed by atoms with Gasteiger partial charge in [-0.05, 0) is 97.9 Å². The Bertz CT molecular complexity index is 877. The summed E-state index contributed by atoms with van der Waals surface area (Å²) in [6, 6.07) is 6.49. The summed E-state index contributed by atoms with van der Waals surface area (Å²) in [6.07, 6.45) is 8.12. The third-order valence-corrected chi connectivity index (χ3v) is 5.73. The standard InChI is InChI=1S/C12H13FO2.C12H15NO2/c2*1-15-12(14)11-7-9(13)6-8-4-2-3-5-10(8)11/h6-7H,2-5H2,1H3;6-7H,2-5,13H2,1H3. The number of carbonyl (C=O) groups excluding carboxylic acids is 2. The summed E-state index contributed by atoms with van der Waals surface area (Å²) in [4.78, 5) is 23.0. The topological polar surface area (TPSA) is 78.6 Å². The van der Waals surface area contributed by atoms with E-state index < -0.39 is 5.97 Å². The van der Waals surface area contributed by atoms with Crippen molar-refractivity contribution < 1.29 is 23.5 Å². The van der Waals surface area contributed by atoms with E-state index in [9.17, 15) is 14.0 Å². The fourth-order valence-electron chi connectivity index (χ4n) is 4.31. The van der Waals surface area contributed by atoms with Crippen LogP contribution in [0.3, 0.4) is 0 Å². The van der Waals surface area contributed by atoms with E-state index in [0.29, 0.717) is 16.8 Å². The first-order chi connectivity index (χ1) is 14.4. The SMILES string of the molecule is COC(=O)c1cc(F)cc2c1CCCC2.COC(=O)c1cc(N)cc2c1CCCC2. The number of esters is 2. The molecule has 6 heteroatoms. The molecular weight excluding hydrogens is 385 g/mol. The third-order valence-electron chi connectivity index (χ3n) is 5.73. The number of benzene rings is 2. The quantitative estimate of drug-likeness (QED) is 0.582. The number of rotatable bonds is 2. The van der Waals surface area contributed by atoms with Crippen LogP contribution in [0, 0.1) is 5.82 Å². The van der Waals surface area contributed by atoms with E-state index in [2.05, 4.69) is 4.74 Å². The zero-order chi connectivity index (χ0) is 21.7. The fraction of sp³-hybridized carbons (Fsp3) is 0.417. The number of fused-ring (bicyclic) bond motifs is 2. The van der Waals surface area contributed by atoms with Crippen LogP contribution in [0.2, 0.25) is 0 Å². The van der Waals surface area contributed by atoms with Gasteiger partial charge in [-0.25, -0.2) is 14.0 Å². The second kappa shape index (κ2) is 9.74. The third kappa shape index (κ3) is 4.81. The monoisotopic (exact) mass is 413 g/mol. The van der Waals surface area contributed by atoms with Crippen LogP contribution >= 0.6 is 0 Å². The normalized spacial score (nSPS) is 14.5. The van der Waals surface area contributed by atoms with Gasteiger partial charge in [0.25, 0.3) is 0 Å². The van der Waals surface area contributed by atoms with E-state index in [-0.39, 0.29) is 11.8 Å². The van der Waals surface area contributed by atoms with Gasteiger partial charge < -0.3 is 15.2 Å². The molecule has 0 aliphatic heterocycles. The van der Waals surface area contributed by atoms with Crippen molar-refractivity contribution in [2.45, 2.75) is 51.4 Å². The lowest BCUT2D eigenvalue weighted by Crippen LogP contribution is -2.12. The maximum absolute atomic E-state index is 13.2. The average Bonchev–Trinajstić information content (AvgIpc) is 2.77. The molecule has 0 aromatic heterocycles. The molecule has 0 fully saturated rings. The Labute approximate surface area is 176 Å². The summed E-state index contributed by atoms with van der Waals surface area (Å²) >= 11 is 0. The number of methoxy groups -OCH3 is 2. The van der Waals surface area contributed by atoms with E-state index in [1.165, 1.54) is 38.3 Å². The molecule has 0 spiro atoms. The van der Waals surface area contributed by atoms with Gasteiger partial charge in [-0.2, -0.15) is 0 Å². The van der Waals surface area contributed by atoms with Crippen LogP contribution in [0.5, 0.6) is 0 Å². The van der Waals surface area contributed by atoms with Crippen LogP contribution in [-0.2, 0) is 35.2 Å². The lowest BCUT2D eigenvalue weighted by atomic mass is 9.88. The molecule has 0 saturated carbocycles. The van der Waals surface area contributed by atoms with Crippen molar-refractivity contribution in [1.29, 1.82) is 0 Å². The summed E-state index contributed by atoms with van der Waals surface area (Å²) in [5.41, 5.74) is 11.7. The van der Waals surface area contributed by atoms with Crippen LogP contribution < -0.4 is 5.73 Å². The van der Waals surface area contributed by atoms with Crippen LogP contribution in [0.25, 0.3) is 0 Å². The maximum atomic E-state index is 13.2. The molecule has 2 N–H and O–H groups in total. The molecule has 2 aliphatic rings. The number of ether oxygens (including phenoxy) is 2. The van der Waals surface area contributed by atoms with Crippen molar-refractivity contribution in [1.82, 2.24) is 0 Å². The molecule has 0 heterocycles. The Morgan fingerprint density at radius 1 is 0.767 bits per heavy atom. The lowest BCUT2D eigenvalue weighted by molar-refractivity contribution is 0.0590. The van der Waals surface area contributed by atoms with Crippen LogP contribution in [0.4, 0.5) is 10.1 Å². The molecule has 2 aromatic carbocycles. The van der Waals surface area contributed by atoms with E-state index in [1.54, 1.807) is 6.07 Å². The van der Waals surface area contributed by atoms with E-state index in [4.69, 9.17) is 10.5 Å². The highest BCUT2D eigenvalue weighted by Crippen LogP contribution is 2.28. The number of nitrogens with two attached hydrogens (primary N) is 1. The predicted molar refractivity (Wildman–Crippen MR) is 113 cm³/mol. The largest absolute Gasteiger partial charge is 0.465 e. The van der Waals surface area contributed by atoms with Crippen LogP contribution in [-0.4, -0.2) is 26.2 Å². The van der Waals surface area contributed by atoms with Crippen molar-refractivity contribution in [2.75, 3.05) is 20.0 Å². The van der Waals surface area contributed by atoms with E-state index in [1.807, 2.05) is 6.07 Å². The van der Waals surface area contributed by atoms with Gasteiger partial charge in [0.15, 0.2) is 0 Å². The molecule has 0 unspecified atom stereocenters. The van der Waals surface area contributed by atoms with Crippen molar-refractivity contribution in [2.24, 2.45) is 0 Å². The summed E-state index contributed by atoms with van der Waals surface area (Å²) < 4.78 is 22.7. The minimum Gasteiger partial charge on any atom is -0.465 e. The Morgan fingerprint density at radius 3 is 1.77 bits per heavy atom. The molecule has 2 aromatic rings. The smallest absolute Gasteiger partial charge is 0.338 e. The number of aryl methyl sites for hydroxylation is 2. The number of hydrogen-bond donors (Lipinski definition) is 1. The Morgan fingerprint density at radius 2 is 1.23 bits per heavy atom. The van der Waals surface area contributed by atoms with Gasteiger partial charge in [0.2, 0.25) is 0 Å². The molecule has 0 amide bonds. The molecule has 5 nitrogen and oxygen atoms in total. The van der Waals surface area contributed by atoms with Gasteiger partial charge in [0, 0.05) is 5.69 Å². The van der Waals surface area contributed by atoms with Crippen molar-refractivity contribution in [3.8, 4) is 0 Å². The molecule has 0 atom stereocenters. The molecule has 0 saturated heterocycles. The first-order valence-electron chi connectivity index (χ1n) is 10.3. The number of halogens is 1. The van der Waals surface area contributed by atoms with Crippen molar-refractivity contribution in [3.63, 3.8) is 0 Å². The van der Waals surface area contributed by atoms with Gasteiger partial charge in [0.05, 0.1) is 25.3 Å². The molecule has 0 radical (unpaired) electrons. The van der Waals surface area contributed by atoms with Crippen molar-refractivity contribution in [3.05, 3.63) is 63.5 Å². The maximum Gasteiger partial charge on any atom is 0.338 e. The second-order valence-corrected chi connectivity index (χ2v) is 7.69. The summed E-state index contributed by atoms with van der Waals surface area (Å²) in [6.45, 7) is 0. The second-order valence-electron chi connectivity index (χ2n) is 7.69. The summed E-state index contributed by atoms with van der Waals surface area (Å²) in [5, 5.41) is 0. The first-order valence-corrected chi connectivity index (χ1v) is 10.3. The van der Waals surface area contributed by atoms with E-state index in [0.717, 1.165) is 61.6 Å². The number of anilines is 1. The zero-order valence-electron chi connectivity index (χ0n) is 17.6. The summed E-state index contributed by atoms with van der Waals surface area (Å²) in [5.74, 6) is -1.07. The highest BCUT2D eigenvalue weighted by Gasteiger charge is 2.20. The van der Waals surface area contributed by atoms with Gasteiger partial charge in [-0.1, -0.05) is 0 Å². The Balaban J connectivity index is 0.000000171. The van der Waals surface area contributed by atoms with Gasteiger partial charge in [-0.15, -0.1) is 0 Å². The molecule has 4 rings (SSSR count). The highest BCUT2D eigenvalue weighted by atomic mass is 19.1. The predicted octanol–water partition coefficient (Wildman–Crippen LogP) is 4.43. The first kappa shape index (κ1) is 21.8. The fourth-order valence-corrected chi connectivity index (χ4v) is 4.31. The molecule has 2 aliphatic carbocycles. The van der Waals surface area contributed by atoms with Gasteiger partial charge >= 0.3 is 11.9 Å². The summed E-state index contributed by atoms with van der Waals surface area (Å²) in [7, 11) is 2.73. The Hall–Kier alpha value is -2.89. The number of carbonyl (C=O) groups is 2. The van der Waals surface area contributed by atoms with Crippen molar-refractivity contribution >= 4 is 17.6 Å².